The molecule has 0 aromatic heterocycles. The normalized spacial score (nSPS) is 12.5. The lowest BCUT2D eigenvalue weighted by molar-refractivity contribution is -0.128. The SMILES string of the molecule is NC(=O)[C@@H](Cc1ccccc1Br)NC(=O)C[C@@H](O)CNC(=O)OCc1ccccc1. The van der Waals surface area contributed by atoms with Crippen LogP contribution < -0.4 is 16.4 Å². The Morgan fingerprint density at radius 1 is 1.07 bits per heavy atom. The van der Waals surface area contributed by atoms with Gasteiger partial charge in [-0.3, -0.25) is 9.59 Å². The van der Waals surface area contributed by atoms with Crippen LogP contribution in [0.3, 0.4) is 0 Å². The van der Waals surface area contributed by atoms with Crippen LogP contribution in [0, 0.1) is 0 Å². The molecular weight excluding hydrogens is 454 g/mol. The molecule has 2 atom stereocenters. The average molecular weight is 478 g/mol. The number of benzene rings is 2. The molecule has 160 valence electrons. The first-order chi connectivity index (χ1) is 14.3. The molecule has 0 radical (unpaired) electrons. The van der Waals surface area contributed by atoms with E-state index in [-0.39, 0.29) is 26.0 Å². The molecule has 5 N–H and O–H groups in total. The molecule has 2 aromatic rings. The maximum atomic E-state index is 12.2. The number of aliphatic hydroxyl groups is 1. The maximum Gasteiger partial charge on any atom is 0.407 e. The van der Waals surface area contributed by atoms with Crippen LogP contribution in [0.1, 0.15) is 17.5 Å². The van der Waals surface area contributed by atoms with Gasteiger partial charge in [-0.05, 0) is 17.2 Å². The number of carbonyl (C=O) groups is 3. The van der Waals surface area contributed by atoms with Crippen molar-refractivity contribution in [2.75, 3.05) is 6.54 Å². The Hall–Kier alpha value is -2.91. The highest BCUT2D eigenvalue weighted by Gasteiger charge is 2.21. The summed E-state index contributed by atoms with van der Waals surface area (Å²) in [6.07, 6.45) is -1.95. The lowest BCUT2D eigenvalue weighted by Crippen LogP contribution is -2.47. The molecule has 0 saturated heterocycles. The molecule has 0 saturated carbocycles. The van der Waals surface area contributed by atoms with Gasteiger partial charge in [0.2, 0.25) is 11.8 Å². The number of hydrogen-bond donors (Lipinski definition) is 4. The van der Waals surface area contributed by atoms with Gasteiger partial charge in [-0.15, -0.1) is 0 Å². The summed E-state index contributed by atoms with van der Waals surface area (Å²) in [5.74, 6) is -1.24. The molecule has 2 rings (SSSR count). The highest BCUT2D eigenvalue weighted by Crippen LogP contribution is 2.17. The summed E-state index contributed by atoms with van der Waals surface area (Å²) in [5, 5.41) is 14.9. The third-order valence-corrected chi connectivity index (χ3v) is 4.95. The second-order valence-electron chi connectivity index (χ2n) is 6.62. The Kier molecular flexibility index (Phi) is 9.30. The zero-order chi connectivity index (χ0) is 21.9. The molecule has 0 aliphatic heterocycles. The van der Waals surface area contributed by atoms with Crippen molar-refractivity contribution in [3.05, 3.63) is 70.2 Å². The number of primary amides is 1. The number of aliphatic hydroxyl groups excluding tert-OH is 1. The molecular formula is C21H24BrN3O5. The van der Waals surface area contributed by atoms with E-state index < -0.39 is 30.1 Å². The summed E-state index contributed by atoms with van der Waals surface area (Å²) < 4.78 is 5.82. The first kappa shape index (κ1) is 23.4. The van der Waals surface area contributed by atoms with Crippen LogP contribution in [0.15, 0.2) is 59.1 Å². The Labute approximate surface area is 182 Å². The lowest BCUT2D eigenvalue weighted by atomic mass is 10.1. The van der Waals surface area contributed by atoms with Crippen molar-refractivity contribution >= 4 is 33.8 Å². The van der Waals surface area contributed by atoms with Gasteiger partial charge in [0.15, 0.2) is 0 Å². The van der Waals surface area contributed by atoms with E-state index in [1.165, 1.54) is 0 Å². The molecule has 0 aliphatic carbocycles. The molecule has 0 fully saturated rings. The van der Waals surface area contributed by atoms with Gasteiger partial charge in [0.05, 0.1) is 12.5 Å². The number of ether oxygens (including phenoxy) is 1. The van der Waals surface area contributed by atoms with Gasteiger partial charge in [0.1, 0.15) is 12.6 Å². The fourth-order valence-electron chi connectivity index (χ4n) is 2.62. The molecule has 2 aromatic carbocycles. The third kappa shape index (κ3) is 8.22. The number of carbonyl (C=O) groups excluding carboxylic acids is 3. The first-order valence-electron chi connectivity index (χ1n) is 9.30. The van der Waals surface area contributed by atoms with Crippen molar-refractivity contribution < 1.29 is 24.2 Å². The Bertz CT molecular complexity index is 863. The highest BCUT2D eigenvalue weighted by molar-refractivity contribution is 9.10. The van der Waals surface area contributed by atoms with E-state index in [0.717, 1.165) is 15.6 Å². The highest BCUT2D eigenvalue weighted by atomic mass is 79.9. The predicted molar refractivity (Wildman–Crippen MR) is 114 cm³/mol. The zero-order valence-electron chi connectivity index (χ0n) is 16.2. The van der Waals surface area contributed by atoms with E-state index in [1.807, 2.05) is 54.6 Å². The summed E-state index contributed by atoms with van der Waals surface area (Å²) in [6.45, 7) is -0.0783. The molecule has 9 heteroatoms. The fourth-order valence-corrected chi connectivity index (χ4v) is 3.07. The van der Waals surface area contributed by atoms with Gasteiger partial charge in [0.25, 0.3) is 0 Å². The minimum absolute atomic E-state index is 0.0958. The smallest absolute Gasteiger partial charge is 0.407 e. The second kappa shape index (κ2) is 11.9. The molecule has 0 heterocycles. The van der Waals surface area contributed by atoms with Gasteiger partial charge in [-0.25, -0.2) is 4.79 Å². The summed E-state index contributed by atoms with van der Waals surface area (Å²) in [5.41, 5.74) is 7.03. The number of alkyl carbamates (subject to hydrolysis) is 1. The van der Waals surface area contributed by atoms with E-state index in [9.17, 15) is 19.5 Å². The van der Waals surface area contributed by atoms with E-state index in [4.69, 9.17) is 10.5 Å². The van der Waals surface area contributed by atoms with Gasteiger partial charge in [-0.2, -0.15) is 0 Å². The molecule has 30 heavy (non-hydrogen) atoms. The minimum atomic E-state index is -1.15. The molecule has 0 aliphatic rings. The zero-order valence-corrected chi connectivity index (χ0v) is 17.8. The van der Waals surface area contributed by atoms with Crippen LogP contribution in [0.5, 0.6) is 0 Å². The van der Waals surface area contributed by atoms with E-state index in [1.54, 1.807) is 0 Å². The topological polar surface area (TPSA) is 131 Å². The van der Waals surface area contributed by atoms with Crippen LogP contribution in [0.2, 0.25) is 0 Å². The van der Waals surface area contributed by atoms with E-state index >= 15 is 0 Å². The maximum absolute atomic E-state index is 12.2. The van der Waals surface area contributed by atoms with Gasteiger partial charge >= 0.3 is 6.09 Å². The van der Waals surface area contributed by atoms with Crippen molar-refractivity contribution in [3.8, 4) is 0 Å². The van der Waals surface area contributed by atoms with Crippen LogP contribution in [0.4, 0.5) is 4.79 Å². The monoisotopic (exact) mass is 477 g/mol. The number of nitrogens with one attached hydrogen (secondary N) is 2. The largest absolute Gasteiger partial charge is 0.445 e. The predicted octanol–water partition coefficient (Wildman–Crippen LogP) is 1.64. The van der Waals surface area contributed by atoms with Gasteiger partial charge in [-0.1, -0.05) is 64.5 Å². The van der Waals surface area contributed by atoms with Crippen molar-refractivity contribution in [1.29, 1.82) is 0 Å². The number of rotatable bonds is 10. The van der Waals surface area contributed by atoms with Crippen molar-refractivity contribution in [1.82, 2.24) is 10.6 Å². The van der Waals surface area contributed by atoms with Crippen molar-refractivity contribution in [2.45, 2.75) is 31.6 Å². The number of halogens is 1. The molecule has 0 bridgehead atoms. The average Bonchev–Trinajstić information content (AvgIpc) is 2.72. The fraction of sp³-hybridized carbons (Fsp3) is 0.286. The quantitative estimate of drug-likeness (QED) is 0.413. The molecule has 8 nitrogen and oxygen atoms in total. The van der Waals surface area contributed by atoms with Crippen LogP contribution in [-0.4, -0.2) is 41.7 Å². The van der Waals surface area contributed by atoms with Gasteiger partial charge < -0.3 is 26.2 Å². The minimum Gasteiger partial charge on any atom is -0.445 e. The Morgan fingerprint density at radius 2 is 1.73 bits per heavy atom. The number of hydrogen-bond acceptors (Lipinski definition) is 5. The second-order valence-corrected chi connectivity index (χ2v) is 7.47. The van der Waals surface area contributed by atoms with E-state index in [0.29, 0.717) is 0 Å². The Morgan fingerprint density at radius 3 is 2.40 bits per heavy atom. The summed E-state index contributed by atoms with van der Waals surface area (Å²) in [6, 6.07) is 15.5. The summed E-state index contributed by atoms with van der Waals surface area (Å²) in [7, 11) is 0. The number of amides is 3. The molecule has 0 unspecified atom stereocenters. The standard InChI is InChI=1S/C21H24BrN3O5/c22-17-9-5-4-8-15(17)10-18(20(23)28)25-19(27)11-16(26)12-24-21(29)30-13-14-6-2-1-3-7-14/h1-9,16,18,26H,10-13H2,(H2,23,28)(H,24,29)(H,25,27)/t16-,18-/m1/s1. The lowest BCUT2D eigenvalue weighted by Gasteiger charge is -2.18. The van der Waals surface area contributed by atoms with Crippen molar-refractivity contribution in [3.63, 3.8) is 0 Å². The first-order valence-corrected chi connectivity index (χ1v) is 10.1. The third-order valence-electron chi connectivity index (χ3n) is 4.18. The summed E-state index contributed by atoms with van der Waals surface area (Å²) >= 11 is 3.39. The van der Waals surface area contributed by atoms with Crippen LogP contribution >= 0.6 is 15.9 Å². The molecule has 3 amide bonds. The molecule has 0 spiro atoms. The van der Waals surface area contributed by atoms with Crippen LogP contribution in [-0.2, 0) is 27.4 Å². The number of nitrogens with two attached hydrogens (primary N) is 1. The Balaban J connectivity index is 1.74. The van der Waals surface area contributed by atoms with Crippen LogP contribution in [0.25, 0.3) is 0 Å². The van der Waals surface area contributed by atoms with Gasteiger partial charge in [0, 0.05) is 17.4 Å². The van der Waals surface area contributed by atoms with E-state index in [2.05, 4.69) is 26.6 Å². The summed E-state index contributed by atoms with van der Waals surface area (Å²) in [4.78, 5) is 35.6. The van der Waals surface area contributed by atoms with Crippen molar-refractivity contribution in [2.24, 2.45) is 5.73 Å².